The number of carbonyl (C=O) groups is 2. The van der Waals surface area contributed by atoms with Crippen LogP contribution in [0.2, 0.25) is 0 Å². The lowest BCUT2D eigenvalue weighted by Gasteiger charge is -2.16. The van der Waals surface area contributed by atoms with Crippen molar-refractivity contribution in [3.8, 4) is 11.5 Å². The molecule has 0 spiro atoms. The number of benzene rings is 1. The summed E-state index contributed by atoms with van der Waals surface area (Å²) in [6, 6.07) is 7.20. The van der Waals surface area contributed by atoms with Crippen molar-refractivity contribution < 1.29 is 19.2 Å². The lowest BCUT2D eigenvalue weighted by atomic mass is 10.1. The summed E-state index contributed by atoms with van der Waals surface area (Å²) < 4.78 is 5.30. The van der Waals surface area contributed by atoms with E-state index in [1.165, 1.54) is 4.90 Å². The van der Waals surface area contributed by atoms with Crippen LogP contribution in [0.4, 0.5) is 5.69 Å². The van der Waals surface area contributed by atoms with Gasteiger partial charge in [-0.2, -0.15) is 4.98 Å². The van der Waals surface area contributed by atoms with Gasteiger partial charge >= 0.3 is 5.97 Å². The van der Waals surface area contributed by atoms with Gasteiger partial charge in [-0.05, 0) is 31.0 Å². The fraction of sp³-hybridized carbons (Fsp3) is 0.375. The average molecular weight is 313 g/mol. The van der Waals surface area contributed by atoms with Crippen molar-refractivity contribution in [3.05, 3.63) is 30.1 Å². The summed E-state index contributed by atoms with van der Waals surface area (Å²) in [7, 11) is 0. The van der Waals surface area contributed by atoms with Gasteiger partial charge in [0.25, 0.3) is 5.89 Å². The standard InChI is InChI=1S/C16H15N3O4/c20-13-7-11(16(21)22)8-19(13)12-3-1-2-10(6-12)15-17-14(18-23-15)9-4-5-9/h1-3,6,9,11H,4-5,7-8H2,(H,21,22)/t11-/m0/s1. The Kier molecular flexibility index (Phi) is 3.14. The van der Waals surface area contributed by atoms with Crippen molar-refractivity contribution in [2.75, 3.05) is 11.4 Å². The largest absolute Gasteiger partial charge is 0.481 e. The Morgan fingerprint density at radius 3 is 2.87 bits per heavy atom. The molecule has 1 aromatic carbocycles. The van der Waals surface area contributed by atoms with Crippen molar-refractivity contribution in [1.29, 1.82) is 0 Å². The van der Waals surface area contributed by atoms with E-state index >= 15 is 0 Å². The minimum Gasteiger partial charge on any atom is -0.481 e. The first-order chi connectivity index (χ1) is 11.1. The Balaban J connectivity index is 1.60. The molecule has 1 saturated carbocycles. The number of aliphatic carboxylic acids is 1. The van der Waals surface area contributed by atoms with Gasteiger partial charge in [-0.15, -0.1) is 0 Å². The predicted molar refractivity (Wildman–Crippen MR) is 79.8 cm³/mol. The summed E-state index contributed by atoms with van der Waals surface area (Å²) >= 11 is 0. The fourth-order valence-corrected chi connectivity index (χ4v) is 2.79. The third kappa shape index (κ3) is 2.58. The molecule has 1 aliphatic carbocycles. The molecule has 118 valence electrons. The monoisotopic (exact) mass is 313 g/mol. The molecule has 0 radical (unpaired) electrons. The second-order valence-electron chi connectivity index (χ2n) is 6.03. The molecule has 2 aliphatic rings. The molecule has 1 atom stereocenters. The van der Waals surface area contributed by atoms with Gasteiger partial charge in [0.2, 0.25) is 5.91 Å². The molecule has 1 aromatic heterocycles. The van der Waals surface area contributed by atoms with Crippen LogP contribution in [0, 0.1) is 5.92 Å². The molecule has 2 fully saturated rings. The van der Waals surface area contributed by atoms with Gasteiger partial charge in [0.05, 0.1) is 5.92 Å². The highest BCUT2D eigenvalue weighted by molar-refractivity contribution is 5.99. The molecule has 1 N–H and O–H groups in total. The van der Waals surface area contributed by atoms with Gasteiger partial charge in [-0.25, -0.2) is 0 Å². The van der Waals surface area contributed by atoms with Gasteiger partial charge in [0, 0.05) is 30.1 Å². The van der Waals surface area contributed by atoms with Crippen molar-refractivity contribution >= 4 is 17.6 Å². The lowest BCUT2D eigenvalue weighted by Crippen LogP contribution is -2.25. The first kappa shape index (κ1) is 13.9. The molecular formula is C16H15N3O4. The zero-order valence-electron chi connectivity index (χ0n) is 12.3. The van der Waals surface area contributed by atoms with Gasteiger partial charge in [-0.1, -0.05) is 11.2 Å². The van der Waals surface area contributed by atoms with Crippen LogP contribution in [0.3, 0.4) is 0 Å². The van der Waals surface area contributed by atoms with E-state index in [1.807, 2.05) is 6.07 Å². The Bertz CT molecular complexity index is 781. The number of carbonyl (C=O) groups excluding carboxylic acids is 1. The maximum atomic E-state index is 12.1. The normalized spacial score (nSPS) is 21.0. The fourth-order valence-electron chi connectivity index (χ4n) is 2.79. The molecule has 0 unspecified atom stereocenters. The molecule has 1 amide bonds. The number of hydrogen-bond acceptors (Lipinski definition) is 5. The average Bonchev–Trinajstić information content (AvgIpc) is 3.14. The maximum absolute atomic E-state index is 12.1. The number of hydrogen-bond donors (Lipinski definition) is 1. The van der Waals surface area contributed by atoms with Crippen LogP contribution in [0.25, 0.3) is 11.5 Å². The van der Waals surface area contributed by atoms with E-state index < -0.39 is 11.9 Å². The van der Waals surface area contributed by atoms with E-state index in [0.29, 0.717) is 17.5 Å². The van der Waals surface area contributed by atoms with Gasteiger partial charge in [-0.3, -0.25) is 9.59 Å². The zero-order chi connectivity index (χ0) is 16.0. The summed E-state index contributed by atoms with van der Waals surface area (Å²) in [4.78, 5) is 29.0. The first-order valence-electron chi connectivity index (χ1n) is 7.59. The van der Waals surface area contributed by atoms with Gasteiger partial charge < -0.3 is 14.5 Å². The SMILES string of the molecule is O=C(O)[C@H]1CC(=O)N(c2cccc(-c3nc(C4CC4)no3)c2)C1. The third-order valence-corrected chi connectivity index (χ3v) is 4.26. The van der Waals surface area contributed by atoms with Crippen LogP contribution in [0.5, 0.6) is 0 Å². The zero-order valence-corrected chi connectivity index (χ0v) is 12.3. The second kappa shape index (κ2) is 5.19. The Hall–Kier alpha value is -2.70. The predicted octanol–water partition coefficient (Wildman–Crippen LogP) is 2.05. The van der Waals surface area contributed by atoms with E-state index in [-0.39, 0.29) is 18.9 Å². The highest BCUT2D eigenvalue weighted by Crippen LogP contribution is 2.39. The van der Waals surface area contributed by atoms with E-state index in [1.54, 1.807) is 18.2 Å². The number of carboxylic acids is 1. The second-order valence-corrected chi connectivity index (χ2v) is 6.03. The summed E-state index contributed by atoms with van der Waals surface area (Å²) in [6.45, 7) is 0.189. The minimum absolute atomic E-state index is 0.0337. The summed E-state index contributed by atoms with van der Waals surface area (Å²) in [5.41, 5.74) is 1.39. The van der Waals surface area contributed by atoms with Gasteiger partial charge in [0.15, 0.2) is 5.82 Å². The van der Waals surface area contributed by atoms with Gasteiger partial charge in [0.1, 0.15) is 0 Å². The van der Waals surface area contributed by atoms with Crippen molar-refractivity contribution in [1.82, 2.24) is 10.1 Å². The van der Waals surface area contributed by atoms with E-state index in [9.17, 15) is 9.59 Å². The number of anilines is 1. The molecule has 4 rings (SSSR count). The Labute approximate surface area is 131 Å². The molecular weight excluding hydrogens is 298 g/mol. The topological polar surface area (TPSA) is 96.5 Å². The highest BCUT2D eigenvalue weighted by Gasteiger charge is 2.35. The Morgan fingerprint density at radius 1 is 1.35 bits per heavy atom. The van der Waals surface area contributed by atoms with Crippen molar-refractivity contribution in [3.63, 3.8) is 0 Å². The molecule has 2 aromatic rings. The quantitative estimate of drug-likeness (QED) is 0.928. The maximum Gasteiger partial charge on any atom is 0.308 e. The lowest BCUT2D eigenvalue weighted by molar-refractivity contribution is -0.141. The molecule has 1 aliphatic heterocycles. The molecule has 2 heterocycles. The van der Waals surface area contributed by atoms with Crippen LogP contribution >= 0.6 is 0 Å². The van der Waals surface area contributed by atoms with Crippen LogP contribution in [-0.4, -0.2) is 33.7 Å². The molecule has 23 heavy (non-hydrogen) atoms. The summed E-state index contributed by atoms with van der Waals surface area (Å²) in [5.74, 6) is -0.214. The highest BCUT2D eigenvalue weighted by atomic mass is 16.5. The van der Waals surface area contributed by atoms with Crippen LogP contribution in [0.15, 0.2) is 28.8 Å². The molecule has 0 bridgehead atoms. The van der Waals surface area contributed by atoms with Crippen LogP contribution in [0.1, 0.15) is 31.0 Å². The number of amides is 1. The first-order valence-corrected chi connectivity index (χ1v) is 7.59. The molecule has 1 saturated heterocycles. The van der Waals surface area contributed by atoms with Crippen LogP contribution < -0.4 is 4.90 Å². The molecule has 7 nitrogen and oxygen atoms in total. The number of nitrogens with zero attached hydrogens (tertiary/aromatic N) is 3. The van der Waals surface area contributed by atoms with Crippen molar-refractivity contribution in [2.24, 2.45) is 5.92 Å². The van der Waals surface area contributed by atoms with E-state index in [4.69, 9.17) is 9.63 Å². The number of rotatable bonds is 4. The summed E-state index contributed by atoms with van der Waals surface area (Å²) in [6.07, 6.45) is 2.22. The molecule has 7 heteroatoms. The third-order valence-electron chi connectivity index (χ3n) is 4.26. The summed E-state index contributed by atoms with van der Waals surface area (Å²) in [5, 5.41) is 13.1. The smallest absolute Gasteiger partial charge is 0.308 e. The van der Waals surface area contributed by atoms with Crippen LogP contribution in [-0.2, 0) is 9.59 Å². The number of aromatic nitrogens is 2. The van der Waals surface area contributed by atoms with E-state index in [2.05, 4.69) is 10.1 Å². The minimum atomic E-state index is -0.942. The van der Waals surface area contributed by atoms with E-state index in [0.717, 1.165) is 24.2 Å². The van der Waals surface area contributed by atoms with Crippen molar-refractivity contribution in [2.45, 2.75) is 25.2 Å². The number of carboxylic acid groups (broad SMARTS) is 1. The Morgan fingerprint density at radius 2 is 2.17 bits per heavy atom.